The van der Waals surface area contributed by atoms with Crippen molar-refractivity contribution < 1.29 is 22.7 Å². The number of para-hydroxylation sites is 1. The molecular weight excluding hydrogens is 368 g/mol. The maximum atomic E-state index is 12.3. The Kier molecular flexibility index (Phi) is 4.90. The molecule has 1 amide bonds. The van der Waals surface area contributed by atoms with Gasteiger partial charge in [0.1, 0.15) is 0 Å². The van der Waals surface area contributed by atoms with E-state index in [4.69, 9.17) is 0 Å². The first-order valence-corrected chi connectivity index (χ1v) is 7.43. The molecule has 0 unspecified atom stereocenters. The van der Waals surface area contributed by atoms with Gasteiger partial charge in [0.25, 0.3) is 0 Å². The quantitative estimate of drug-likeness (QED) is 0.828. The van der Waals surface area contributed by atoms with Crippen molar-refractivity contribution in [3.8, 4) is 5.75 Å². The number of hydrogen-bond donors (Lipinski definition) is 1. The molecule has 2 aromatic rings. The Hall–Kier alpha value is -1.53. The summed E-state index contributed by atoms with van der Waals surface area (Å²) in [4.78, 5) is 15.7. The topological polar surface area (TPSA) is 51.2 Å². The second-order valence-electron chi connectivity index (χ2n) is 3.84. The van der Waals surface area contributed by atoms with E-state index in [1.807, 2.05) is 0 Å². The number of benzene rings is 1. The van der Waals surface area contributed by atoms with Crippen LogP contribution in [0.2, 0.25) is 0 Å². The Labute approximate surface area is 130 Å². The number of nitrogens with zero attached hydrogens (tertiary/aromatic N) is 1. The van der Waals surface area contributed by atoms with Gasteiger partial charge in [-0.2, -0.15) is 0 Å². The number of thiazole rings is 1. The summed E-state index contributed by atoms with van der Waals surface area (Å²) in [7, 11) is 0. The summed E-state index contributed by atoms with van der Waals surface area (Å²) in [6.07, 6.45) is -4.77. The Morgan fingerprint density at radius 1 is 1.38 bits per heavy atom. The maximum absolute atomic E-state index is 12.3. The molecule has 0 aliphatic rings. The van der Waals surface area contributed by atoms with Crippen molar-refractivity contribution in [2.75, 3.05) is 0 Å². The average Bonchev–Trinajstić information content (AvgIpc) is 2.82. The van der Waals surface area contributed by atoms with E-state index in [1.54, 1.807) is 6.07 Å². The normalized spacial score (nSPS) is 11.2. The van der Waals surface area contributed by atoms with E-state index >= 15 is 0 Å². The van der Waals surface area contributed by atoms with E-state index in [2.05, 4.69) is 31.9 Å². The fourth-order valence-corrected chi connectivity index (χ4v) is 2.67. The van der Waals surface area contributed by atoms with Gasteiger partial charge in [-0.15, -0.1) is 0 Å². The number of rotatable bonds is 4. The van der Waals surface area contributed by atoms with Gasteiger partial charge in [0, 0.05) is 0 Å². The molecule has 1 aromatic heterocycles. The van der Waals surface area contributed by atoms with Crippen LogP contribution in [0.15, 0.2) is 29.8 Å². The molecule has 0 atom stereocenters. The van der Waals surface area contributed by atoms with Crippen LogP contribution in [0.3, 0.4) is 0 Å². The molecule has 0 aliphatic carbocycles. The van der Waals surface area contributed by atoms with E-state index in [1.165, 1.54) is 35.0 Å². The van der Waals surface area contributed by atoms with Crippen LogP contribution in [0.1, 0.15) is 16.1 Å². The van der Waals surface area contributed by atoms with Gasteiger partial charge in [0.15, 0.2) is 0 Å². The van der Waals surface area contributed by atoms with Crippen molar-refractivity contribution in [2.24, 2.45) is 0 Å². The standard InChI is InChI=1S/C12H8AsF3N2O2S/c13-10-9(18-6-21-10)11(19)17-5-7-3-1-2-4-8(7)20-12(14,15)16/h1-4,6H,5H2,(H,17,19). The zero-order chi connectivity index (χ0) is 15.5. The van der Waals surface area contributed by atoms with Crippen LogP contribution in [-0.2, 0) is 6.54 Å². The number of ether oxygens (including phenoxy) is 1. The zero-order valence-electron chi connectivity index (χ0n) is 10.3. The van der Waals surface area contributed by atoms with Crippen molar-refractivity contribution >= 4 is 37.8 Å². The molecule has 1 aromatic carbocycles. The SMILES string of the molecule is O=C(NCc1ccccc1OC(F)(F)F)c1ncsc1[As]. The molecule has 0 saturated heterocycles. The number of nitrogens with one attached hydrogen (secondary N) is 1. The molecule has 21 heavy (non-hydrogen) atoms. The molecule has 4 nitrogen and oxygen atoms in total. The molecule has 9 heteroatoms. The number of alkyl halides is 3. The Morgan fingerprint density at radius 2 is 2.10 bits per heavy atom. The van der Waals surface area contributed by atoms with Crippen LogP contribution in [0.25, 0.3) is 0 Å². The summed E-state index contributed by atoms with van der Waals surface area (Å²) in [5.74, 6) is -0.787. The molecule has 1 N–H and O–H groups in total. The summed E-state index contributed by atoms with van der Waals surface area (Å²) in [6, 6.07) is 5.63. The van der Waals surface area contributed by atoms with Gasteiger partial charge in [0.05, 0.1) is 0 Å². The average molecular weight is 376 g/mol. The Morgan fingerprint density at radius 3 is 2.71 bits per heavy atom. The summed E-state index contributed by atoms with van der Waals surface area (Å²) in [6.45, 7) is -0.0882. The van der Waals surface area contributed by atoms with E-state index < -0.39 is 12.3 Å². The van der Waals surface area contributed by atoms with Crippen molar-refractivity contribution in [3.05, 3.63) is 41.0 Å². The molecule has 0 saturated carbocycles. The number of halogens is 3. The minimum absolute atomic E-state index is 0.0882. The molecule has 0 bridgehead atoms. The molecule has 0 fully saturated rings. The van der Waals surface area contributed by atoms with Crippen LogP contribution in [0.4, 0.5) is 13.2 Å². The van der Waals surface area contributed by atoms with Gasteiger partial charge < -0.3 is 0 Å². The molecule has 0 aliphatic heterocycles. The number of aromatic nitrogens is 1. The first-order chi connectivity index (χ1) is 9.87. The number of carbonyl (C=O) groups excluding carboxylic acids is 1. The van der Waals surface area contributed by atoms with Crippen molar-refractivity contribution in [1.29, 1.82) is 0 Å². The van der Waals surface area contributed by atoms with E-state index in [9.17, 15) is 18.0 Å². The number of hydrogen-bond acceptors (Lipinski definition) is 4. The zero-order valence-corrected chi connectivity index (χ0v) is 13.0. The van der Waals surface area contributed by atoms with Gasteiger partial charge in [-0.3, -0.25) is 0 Å². The van der Waals surface area contributed by atoms with Crippen molar-refractivity contribution in [1.82, 2.24) is 10.3 Å². The summed E-state index contributed by atoms with van der Waals surface area (Å²) in [5.41, 5.74) is 1.99. The Bertz CT molecular complexity index is 645. The summed E-state index contributed by atoms with van der Waals surface area (Å²) >= 11 is 3.51. The van der Waals surface area contributed by atoms with Gasteiger partial charge in [0.2, 0.25) is 0 Å². The van der Waals surface area contributed by atoms with Crippen LogP contribution in [0, 0.1) is 0 Å². The second kappa shape index (κ2) is 6.49. The van der Waals surface area contributed by atoms with E-state index in [0.29, 0.717) is 3.66 Å². The molecule has 0 spiro atoms. The summed E-state index contributed by atoms with van der Waals surface area (Å²) in [5, 5.41) is 2.52. The van der Waals surface area contributed by atoms with Gasteiger partial charge in [-0.25, -0.2) is 0 Å². The van der Waals surface area contributed by atoms with Crippen molar-refractivity contribution in [3.63, 3.8) is 0 Å². The monoisotopic (exact) mass is 376 g/mol. The molecule has 2 rings (SSSR count). The molecule has 110 valence electrons. The van der Waals surface area contributed by atoms with Crippen LogP contribution >= 0.6 is 11.3 Å². The van der Waals surface area contributed by atoms with Crippen LogP contribution < -0.4 is 13.7 Å². The predicted molar refractivity (Wildman–Crippen MR) is 71.8 cm³/mol. The van der Waals surface area contributed by atoms with Gasteiger partial charge in [-0.1, -0.05) is 0 Å². The van der Waals surface area contributed by atoms with E-state index in [-0.39, 0.29) is 23.6 Å². The third-order valence-corrected chi connectivity index (χ3v) is 4.14. The first kappa shape index (κ1) is 15.8. The third-order valence-electron chi connectivity index (χ3n) is 2.40. The fraction of sp³-hybridized carbons (Fsp3) is 0.167. The van der Waals surface area contributed by atoms with E-state index in [0.717, 1.165) is 0 Å². The fourth-order valence-electron chi connectivity index (χ4n) is 1.53. The first-order valence-electron chi connectivity index (χ1n) is 5.61. The van der Waals surface area contributed by atoms with Crippen LogP contribution in [0.5, 0.6) is 5.75 Å². The molecule has 2 radical (unpaired) electrons. The third kappa shape index (κ3) is 4.47. The summed E-state index contributed by atoms with van der Waals surface area (Å²) < 4.78 is 41.4. The van der Waals surface area contributed by atoms with Crippen LogP contribution in [-0.4, -0.2) is 34.1 Å². The van der Waals surface area contributed by atoms with Gasteiger partial charge >= 0.3 is 130 Å². The number of amides is 1. The second-order valence-corrected chi connectivity index (χ2v) is 6.30. The minimum atomic E-state index is -4.77. The Balaban J connectivity index is 2.07. The van der Waals surface area contributed by atoms with Crippen molar-refractivity contribution in [2.45, 2.75) is 12.9 Å². The van der Waals surface area contributed by atoms with Gasteiger partial charge in [-0.05, 0) is 0 Å². The molecule has 1 heterocycles. The predicted octanol–water partition coefficient (Wildman–Crippen LogP) is 1.77. The number of carbonyl (C=O) groups is 1. The molecular formula is C12H8AsF3N2O2S.